The number of Topliss-reactive ketones (excluding diaryl/α,β-unsaturated/α-hetero) is 1. The van der Waals surface area contributed by atoms with Crippen LogP contribution in [0.4, 0.5) is 5.82 Å². The predicted octanol–water partition coefficient (Wildman–Crippen LogP) is 1.51. The molecular formula is C18H23N3O5S. The zero-order chi connectivity index (χ0) is 20.3. The van der Waals surface area contributed by atoms with Crippen LogP contribution in [0.1, 0.15) is 50.7 Å². The number of rotatable bonds is 7. The van der Waals surface area contributed by atoms with Crippen LogP contribution in [0.3, 0.4) is 0 Å². The Kier molecular flexibility index (Phi) is 6.37. The van der Waals surface area contributed by atoms with Crippen molar-refractivity contribution in [1.82, 2.24) is 9.13 Å². The quantitative estimate of drug-likeness (QED) is 0.563. The second-order valence-electron chi connectivity index (χ2n) is 6.10. The van der Waals surface area contributed by atoms with E-state index in [1.54, 1.807) is 6.07 Å². The van der Waals surface area contributed by atoms with Gasteiger partial charge in [-0.05, 0) is 31.4 Å². The van der Waals surface area contributed by atoms with Crippen LogP contribution in [-0.4, -0.2) is 27.5 Å². The third-order valence-electron chi connectivity index (χ3n) is 4.25. The Bertz CT molecular complexity index is 1000. The summed E-state index contributed by atoms with van der Waals surface area (Å²) in [5.74, 6) is -1.57. The number of ketones is 1. The topological polar surface area (TPSA) is 113 Å². The number of nitrogens with zero attached hydrogens (tertiary/aromatic N) is 2. The first-order valence-corrected chi connectivity index (χ1v) is 9.43. The van der Waals surface area contributed by atoms with Gasteiger partial charge in [0.15, 0.2) is 6.61 Å². The smallest absolute Gasteiger partial charge is 0.348 e. The second-order valence-corrected chi connectivity index (χ2v) is 7.36. The van der Waals surface area contributed by atoms with E-state index in [1.807, 2.05) is 20.8 Å². The van der Waals surface area contributed by atoms with Gasteiger partial charge in [-0.3, -0.25) is 18.7 Å². The fraction of sp³-hybridized carbons (Fsp3) is 0.444. The molecule has 0 aliphatic heterocycles. The number of carbonyl (C=O) groups is 2. The van der Waals surface area contributed by atoms with Crippen LogP contribution in [-0.2, 0) is 24.8 Å². The molecule has 0 aliphatic carbocycles. The minimum Gasteiger partial charge on any atom is -0.453 e. The van der Waals surface area contributed by atoms with Crippen molar-refractivity contribution in [3.05, 3.63) is 47.8 Å². The number of hydrogen-bond donors (Lipinski definition) is 1. The fourth-order valence-corrected chi connectivity index (χ4v) is 3.74. The average Bonchev–Trinajstić information content (AvgIpc) is 3.02. The Labute approximate surface area is 160 Å². The van der Waals surface area contributed by atoms with Crippen molar-refractivity contribution in [2.75, 3.05) is 12.3 Å². The molecule has 0 atom stereocenters. The molecule has 8 nitrogen and oxygen atoms in total. The zero-order valence-electron chi connectivity index (χ0n) is 15.8. The molecule has 2 rings (SSSR count). The molecule has 27 heavy (non-hydrogen) atoms. The van der Waals surface area contributed by atoms with E-state index in [0.717, 1.165) is 21.4 Å². The van der Waals surface area contributed by atoms with Crippen LogP contribution in [0.25, 0.3) is 0 Å². The molecule has 2 aromatic rings. The summed E-state index contributed by atoms with van der Waals surface area (Å²) in [7, 11) is 1.28. The largest absolute Gasteiger partial charge is 0.453 e. The maximum Gasteiger partial charge on any atom is 0.348 e. The zero-order valence-corrected chi connectivity index (χ0v) is 16.6. The van der Waals surface area contributed by atoms with Gasteiger partial charge in [-0.15, -0.1) is 11.3 Å². The molecule has 0 saturated carbocycles. The molecule has 146 valence electrons. The molecule has 0 radical (unpaired) electrons. The number of aryl methyl sites for hydroxylation is 2. The van der Waals surface area contributed by atoms with Crippen molar-refractivity contribution in [2.45, 2.75) is 40.2 Å². The van der Waals surface area contributed by atoms with Crippen LogP contribution in [0.2, 0.25) is 0 Å². The van der Waals surface area contributed by atoms with Crippen molar-refractivity contribution in [1.29, 1.82) is 0 Å². The first-order chi connectivity index (χ1) is 12.7. The van der Waals surface area contributed by atoms with E-state index >= 15 is 0 Å². The van der Waals surface area contributed by atoms with E-state index in [-0.39, 0.29) is 17.9 Å². The molecule has 0 fully saturated rings. The van der Waals surface area contributed by atoms with E-state index in [0.29, 0.717) is 11.3 Å². The summed E-state index contributed by atoms with van der Waals surface area (Å²) in [5.41, 5.74) is 5.21. The third-order valence-corrected chi connectivity index (χ3v) is 5.32. The highest BCUT2D eigenvalue weighted by molar-refractivity contribution is 7.14. The number of hydrogen-bond acceptors (Lipinski definition) is 7. The Morgan fingerprint density at radius 1 is 1.26 bits per heavy atom. The van der Waals surface area contributed by atoms with E-state index in [1.165, 1.54) is 23.0 Å². The first-order valence-electron chi connectivity index (χ1n) is 8.61. The maximum absolute atomic E-state index is 12.5. The highest BCUT2D eigenvalue weighted by atomic mass is 32.1. The average molecular weight is 393 g/mol. The van der Waals surface area contributed by atoms with Crippen molar-refractivity contribution in [3.63, 3.8) is 0 Å². The molecule has 0 aromatic carbocycles. The highest BCUT2D eigenvalue weighted by Gasteiger charge is 2.23. The van der Waals surface area contributed by atoms with Crippen molar-refractivity contribution >= 4 is 28.9 Å². The van der Waals surface area contributed by atoms with Crippen LogP contribution in [0.5, 0.6) is 0 Å². The summed E-state index contributed by atoms with van der Waals surface area (Å²) >= 11 is 1.29. The standard InChI is InChI=1S/C18H23N3O5S/c1-5-7-21-15(19)14(16(23)20(4)18(21)25)12(22)9-26-17(24)13-8-11(6-2)10(3)27-13/h8H,5-7,9,19H2,1-4H3. The molecular weight excluding hydrogens is 370 g/mol. The fourth-order valence-electron chi connectivity index (χ4n) is 2.73. The van der Waals surface area contributed by atoms with Crippen LogP contribution >= 0.6 is 11.3 Å². The Morgan fingerprint density at radius 2 is 1.93 bits per heavy atom. The van der Waals surface area contributed by atoms with E-state index in [2.05, 4.69) is 0 Å². The molecule has 0 unspecified atom stereocenters. The molecule has 0 bridgehead atoms. The van der Waals surface area contributed by atoms with E-state index < -0.39 is 29.6 Å². The first kappa shape index (κ1) is 20.6. The van der Waals surface area contributed by atoms with Gasteiger partial charge < -0.3 is 10.5 Å². The van der Waals surface area contributed by atoms with E-state index in [4.69, 9.17) is 10.5 Å². The van der Waals surface area contributed by atoms with Gasteiger partial charge in [0, 0.05) is 18.5 Å². The molecule has 0 amide bonds. The second kappa shape index (κ2) is 8.34. The third kappa shape index (κ3) is 4.02. The van der Waals surface area contributed by atoms with Gasteiger partial charge in [0.2, 0.25) is 5.78 Å². The minimum atomic E-state index is -0.800. The predicted molar refractivity (Wildman–Crippen MR) is 104 cm³/mol. The van der Waals surface area contributed by atoms with Gasteiger partial charge in [-0.25, -0.2) is 9.59 Å². The molecule has 2 heterocycles. The number of carbonyl (C=O) groups excluding carboxylic acids is 2. The van der Waals surface area contributed by atoms with Crippen LogP contribution in [0.15, 0.2) is 15.7 Å². The lowest BCUT2D eigenvalue weighted by Gasteiger charge is -2.13. The molecule has 0 aliphatic rings. The maximum atomic E-state index is 12.5. The Hall–Kier alpha value is -2.68. The number of esters is 1. The Balaban J connectivity index is 2.26. The summed E-state index contributed by atoms with van der Waals surface area (Å²) in [6, 6.07) is 1.74. The number of anilines is 1. The molecule has 0 spiro atoms. The van der Waals surface area contributed by atoms with Gasteiger partial charge in [0.05, 0.1) is 0 Å². The van der Waals surface area contributed by atoms with Gasteiger partial charge in [-0.2, -0.15) is 0 Å². The summed E-state index contributed by atoms with van der Waals surface area (Å²) in [6.07, 6.45) is 1.39. The molecule has 9 heteroatoms. The summed E-state index contributed by atoms with van der Waals surface area (Å²) in [4.78, 5) is 50.5. The van der Waals surface area contributed by atoms with E-state index in [9.17, 15) is 19.2 Å². The van der Waals surface area contributed by atoms with Gasteiger partial charge in [0.1, 0.15) is 16.3 Å². The lowest BCUT2D eigenvalue weighted by molar-refractivity contribution is 0.0479. The SMILES string of the molecule is CCCn1c(N)c(C(=O)COC(=O)c2cc(CC)c(C)s2)c(=O)n(C)c1=O. The van der Waals surface area contributed by atoms with Crippen LogP contribution in [0, 0.1) is 6.92 Å². The number of nitrogen functional groups attached to an aromatic ring is 1. The van der Waals surface area contributed by atoms with Crippen molar-refractivity contribution in [3.8, 4) is 0 Å². The van der Waals surface area contributed by atoms with Crippen molar-refractivity contribution < 1.29 is 14.3 Å². The number of thiophene rings is 1. The van der Waals surface area contributed by atoms with Gasteiger partial charge >= 0.3 is 11.7 Å². The number of aromatic nitrogens is 2. The van der Waals surface area contributed by atoms with Crippen LogP contribution < -0.4 is 17.0 Å². The minimum absolute atomic E-state index is 0.203. The van der Waals surface area contributed by atoms with Gasteiger partial charge in [0.25, 0.3) is 5.56 Å². The summed E-state index contributed by atoms with van der Waals surface area (Å²) in [5, 5.41) is 0. The number of nitrogens with two attached hydrogens (primary N) is 1. The Morgan fingerprint density at radius 3 is 2.48 bits per heavy atom. The van der Waals surface area contributed by atoms with Gasteiger partial charge in [-0.1, -0.05) is 13.8 Å². The monoisotopic (exact) mass is 393 g/mol. The highest BCUT2D eigenvalue weighted by Crippen LogP contribution is 2.22. The lowest BCUT2D eigenvalue weighted by atomic mass is 10.2. The van der Waals surface area contributed by atoms with Crippen molar-refractivity contribution in [2.24, 2.45) is 7.05 Å². The number of ether oxygens (including phenoxy) is 1. The summed E-state index contributed by atoms with van der Waals surface area (Å²) < 4.78 is 7.07. The molecule has 0 saturated heterocycles. The lowest BCUT2D eigenvalue weighted by Crippen LogP contribution is -2.43. The summed E-state index contributed by atoms with van der Waals surface area (Å²) in [6.45, 7) is 5.38. The molecule has 2 N–H and O–H groups in total. The molecule has 2 aromatic heterocycles. The normalized spacial score (nSPS) is 10.8.